The van der Waals surface area contributed by atoms with E-state index in [1.807, 2.05) is 0 Å². The first-order valence-electron chi connectivity index (χ1n) is 7.57. The molecule has 5 nitrogen and oxygen atoms in total. The average Bonchev–Trinajstić information content (AvgIpc) is 2.56. The highest BCUT2D eigenvalue weighted by molar-refractivity contribution is 5.95. The molecule has 0 radical (unpaired) electrons. The van der Waals surface area contributed by atoms with Crippen LogP contribution in [0, 0.1) is 0 Å². The van der Waals surface area contributed by atoms with Crippen molar-refractivity contribution in [3.05, 3.63) is 42.0 Å². The van der Waals surface area contributed by atoms with E-state index in [4.69, 9.17) is 4.74 Å². The second-order valence-electron chi connectivity index (χ2n) is 5.27. The van der Waals surface area contributed by atoms with Gasteiger partial charge in [-0.1, -0.05) is 12.1 Å². The van der Waals surface area contributed by atoms with Crippen molar-refractivity contribution in [2.75, 3.05) is 13.7 Å². The number of phenols is 1. The van der Waals surface area contributed by atoms with Crippen LogP contribution in [0.3, 0.4) is 0 Å². The molecule has 122 valence electrons. The predicted molar refractivity (Wildman–Crippen MR) is 86.4 cm³/mol. The number of ether oxygens (including phenoxy) is 2. The summed E-state index contributed by atoms with van der Waals surface area (Å²) >= 11 is 0. The van der Waals surface area contributed by atoms with E-state index in [1.54, 1.807) is 36.4 Å². The number of phenolic OH excluding ortho intramolecular Hbond substituents is 1. The van der Waals surface area contributed by atoms with E-state index >= 15 is 0 Å². The van der Waals surface area contributed by atoms with Gasteiger partial charge in [0.15, 0.2) is 0 Å². The first kappa shape index (κ1) is 16.8. The number of fused-ring (bicyclic) bond motifs is 1. The van der Waals surface area contributed by atoms with Gasteiger partial charge in [-0.05, 0) is 54.3 Å². The van der Waals surface area contributed by atoms with Gasteiger partial charge in [-0.2, -0.15) is 0 Å². The van der Waals surface area contributed by atoms with E-state index in [0.29, 0.717) is 25.0 Å². The molecule has 0 amide bonds. The summed E-state index contributed by atoms with van der Waals surface area (Å²) in [6.45, 7) is 0.327. The molecule has 0 aliphatic heterocycles. The molecule has 0 unspecified atom stereocenters. The van der Waals surface area contributed by atoms with E-state index < -0.39 is 0 Å². The van der Waals surface area contributed by atoms with Crippen molar-refractivity contribution in [2.24, 2.45) is 0 Å². The minimum absolute atomic E-state index is 0.194. The lowest BCUT2D eigenvalue weighted by molar-refractivity contribution is -0.140. The van der Waals surface area contributed by atoms with Crippen LogP contribution in [0.4, 0.5) is 0 Å². The monoisotopic (exact) mass is 316 g/mol. The van der Waals surface area contributed by atoms with Crippen molar-refractivity contribution in [3.63, 3.8) is 0 Å². The van der Waals surface area contributed by atoms with E-state index in [0.717, 1.165) is 23.6 Å². The van der Waals surface area contributed by atoms with Crippen molar-refractivity contribution in [3.8, 4) is 5.75 Å². The smallest absolute Gasteiger partial charge is 0.338 e. The Balaban J connectivity index is 1.79. The van der Waals surface area contributed by atoms with Crippen LogP contribution in [0.15, 0.2) is 36.4 Å². The molecule has 0 aromatic heterocycles. The molecule has 0 heterocycles. The van der Waals surface area contributed by atoms with Gasteiger partial charge >= 0.3 is 11.9 Å². The Labute approximate surface area is 134 Å². The predicted octanol–water partition coefficient (Wildman–Crippen LogP) is 3.44. The van der Waals surface area contributed by atoms with Crippen molar-refractivity contribution in [2.45, 2.75) is 25.7 Å². The van der Waals surface area contributed by atoms with Gasteiger partial charge in [-0.3, -0.25) is 4.79 Å². The van der Waals surface area contributed by atoms with Crippen LogP contribution in [-0.2, 0) is 14.3 Å². The van der Waals surface area contributed by atoms with Gasteiger partial charge in [0.25, 0.3) is 0 Å². The minimum atomic E-state index is -0.368. The second kappa shape index (κ2) is 8.17. The summed E-state index contributed by atoms with van der Waals surface area (Å²) in [5.41, 5.74) is 0.484. The fourth-order valence-electron chi connectivity index (χ4n) is 2.26. The Morgan fingerprint density at radius 2 is 1.74 bits per heavy atom. The zero-order valence-corrected chi connectivity index (χ0v) is 13.1. The first-order chi connectivity index (χ1) is 11.1. The number of unbranched alkanes of at least 4 members (excludes halogenated alkanes) is 2. The molecule has 0 bridgehead atoms. The Morgan fingerprint density at radius 1 is 1.00 bits per heavy atom. The molecule has 23 heavy (non-hydrogen) atoms. The number of methoxy groups -OCH3 is 1. The fourth-order valence-corrected chi connectivity index (χ4v) is 2.26. The van der Waals surface area contributed by atoms with Crippen LogP contribution in [0.1, 0.15) is 36.0 Å². The largest absolute Gasteiger partial charge is 0.508 e. The summed E-state index contributed by atoms with van der Waals surface area (Å²) in [4.78, 5) is 22.9. The minimum Gasteiger partial charge on any atom is -0.508 e. The molecular formula is C18H20O5. The van der Waals surface area contributed by atoms with E-state index in [1.165, 1.54) is 7.11 Å². The molecule has 0 spiro atoms. The van der Waals surface area contributed by atoms with Crippen LogP contribution >= 0.6 is 0 Å². The number of carbonyl (C=O) groups is 2. The third kappa shape index (κ3) is 4.98. The van der Waals surface area contributed by atoms with Crippen molar-refractivity contribution in [1.29, 1.82) is 0 Å². The summed E-state index contributed by atoms with van der Waals surface area (Å²) in [5, 5.41) is 11.2. The van der Waals surface area contributed by atoms with E-state index in [9.17, 15) is 14.7 Å². The van der Waals surface area contributed by atoms with Gasteiger partial charge in [0.1, 0.15) is 5.75 Å². The zero-order valence-electron chi connectivity index (χ0n) is 13.1. The van der Waals surface area contributed by atoms with Crippen LogP contribution in [0.5, 0.6) is 5.75 Å². The number of esters is 2. The topological polar surface area (TPSA) is 72.8 Å². The van der Waals surface area contributed by atoms with Crippen molar-refractivity contribution < 1.29 is 24.2 Å². The Hall–Kier alpha value is -2.56. The molecule has 5 heteroatoms. The molecule has 0 aliphatic rings. The maximum Gasteiger partial charge on any atom is 0.338 e. The number of benzene rings is 2. The van der Waals surface area contributed by atoms with Crippen molar-refractivity contribution >= 4 is 22.7 Å². The van der Waals surface area contributed by atoms with Gasteiger partial charge < -0.3 is 14.6 Å². The highest BCUT2D eigenvalue weighted by Gasteiger charge is 2.08. The molecule has 0 fully saturated rings. The van der Waals surface area contributed by atoms with E-state index in [2.05, 4.69) is 4.74 Å². The summed E-state index contributed by atoms with van der Waals surface area (Å²) in [6, 6.07) is 10.2. The second-order valence-corrected chi connectivity index (χ2v) is 5.27. The highest BCUT2D eigenvalue weighted by atomic mass is 16.5. The summed E-state index contributed by atoms with van der Waals surface area (Å²) in [6.07, 6.45) is 2.63. The maximum atomic E-state index is 12.0. The molecule has 2 aromatic rings. The third-order valence-corrected chi connectivity index (χ3v) is 3.55. The zero-order chi connectivity index (χ0) is 16.7. The van der Waals surface area contributed by atoms with Gasteiger partial charge in [0, 0.05) is 6.42 Å². The maximum absolute atomic E-state index is 12.0. The van der Waals surface area contributed by atoms with E-state index in [-0.39, 0.29) is 17.7 Å². The molecule has 2 rings (SSSR count). The number of rotatable bonds is 7. The SMILES string of the molecule is COC(=O)CCCCCOC(=O)c1ccc2cc(O)ccc2c1. The normalized spacial score (nSPS) is 10.5. The lowest BCUT2D eigenvalue weighted by Gasteiger charge is -2.06. The first-order valence-corrected chi connectivity index (χ1v) is 7.57. The van der Waals surface area contributed by atoms with Crippen LogP contribution in [0.2, 0.25) is 0 Å². The van der Waals surface area contributed by atoms with Gasteiger partial charge in [0.2, 0.25) is 0 Å². The third-order valence-electron chi connectivity index (χ3n) is 3.55. The van der Waals surface area contributed by atoms with Crippen LogP contribution in [-0.4, -0.2) is 30.8 Å². The van der Waals surface area contributed by atoms with Crippen LogP contribution in [0.25, 0.3) is 10.8 Å². The quantitative estimate of drug-likeness (QED) is 0.626. The number of hydrogen-bond acceptors (Lipinski definition) is 5. The summed E-state index contributed by atoms with van der Waals surface area (Å²) < 4.78 is 9.78. The fraction of sp³-hybridized carbons (Fsp3) is 0.333. The lowest BCUT2D eigenvalue weighted by Crippen LogP contribution is -2.06. The Kier molecular flexibility index (Phi) is 5.97. The Bertz CT molecular complexity index is 693. The van der Waals surface area contributed by atoms with Gasteiger partial charge in [0.05, 0.1) is 19.3 Å². The summed E-state index contributed by atoms with van der Waals surface area (Å²) in [5.74, 6) is -0.392. The molecule has 0 atom stereocenters. The van der Waals surface area contributed by atoms with Crippen molar-refractivity contribution in [1.82, 2.24) is 0 Å². The molecule has 1 N–H and O–H groups in total. The number of carbonyl (C=O) groups excluding carboxylic acids is 2. The Morgan fingerprint density at radius 3 is 2.52 bits per heavy atom. The molecule has 0 saturated heterocycles. The van der Waals surface area contributed by atoms with Gasteiger partial charge in [-0.15, -0.1) is 0 Å². The number of aromatic hydroxyl groups is 1. The molecular weight excluding hydrogens is 296 g/mol. The summed E-state index contributed by atoms with van der Waals surface area (Å²) in [7, 11) is 1.37. The highest BCUT2D eigenvalue weighted by Crippen LogP contribution is 2.21. The lowest BCUT2D eigenvalue weighted by atomic mass is 10.1. The van der Waals surface area contributed by atoms with Gasteiger partial charge in [-0.25, -0.2) is 4.79 Å². The van der Waals surface area contributed by atoms with Crippen LogP contribution < -0.4 is 0 Å². The number of hydrogen-bond donors (Lipinski definition) is 1. The average molecular weight is 316 g/mol. The molecule has 2 aromatic carbocycles. The standard InChI is InChI=1S/C18H20O5/c1-22-17(20)5-3-2-4-10-23-18(21)15-7-6-14-12-16(19)9-8-13(14)11-15/h6-9,11-12,19H,2-5,10H2,1H3. The molecule has 0 aliphatic carbocycles. The molecule has 0 saturated carbocycles.